The molecule has 0 radical (unpaired) electrons. The van der Waals surface area contributed by atoms with Crippen molar-refractivity contribution in [2.75, 3.05) is 0 Å². The zero-order chi connectivity index (χ0) is 8.48. The molecule has 0 fully saturated rings. The van der Waals surface area contributed by atoms with Crippen LogP contribution in [0, 0.1) is 0 Å². The third-order valence-electron chi connectivity index (χ3n) is 1.24. The molecule has 1 nitrogen and oxygen atoms in total. The predicted octanol–water partition coefficient (Wildman–Crippen LogP) is 0.359. The molecule has 1 heterocycles. The summed E-state index contributed by atoms with van der Waals surface area (Å²) in [6, 6.07) is 2.35. The Morgan fingerprint density at radius 1 is 1.27 bits per heavy atom. The van der Waals surface area contributed by atoms with E-state index in [1.165, 1.54) is 6.07 Å². The van der Waals surface area contributed by atoms with E-state index >= 15 is 0 Å². The average Bonchev–Trinajstić information content (AvgIpc) is 1.86. The van der Waals surface area contributed by atoms with E-state index < -0.39 is 11.7 Å². The summed E-state index contributed by atoms with van der Waals surface area (Å²) in [6.07, 6.45) is -3.45. The van der Waals surface area contributed by atoms with E-state index in [1.54, 1.807) is 7.85 Å². The van der Waals surface area contributed by atoms with E-state index in [-0.39, 0.29) is 0 Å². The zero-order valence-electron chi connectivity index (χ0n) is 5.81. The molecule has 1 aromatic rings. The predicted molar refractivity (Wildman–Crippen MR) is 37.4 cm³/mol. The molecule has 0 aliphatic carbocycles. The Morgan fingerprint density at radius 3 is 2.27 bits per heavy atom. The summed E-state index contributed by atoms with van der Waals surface area (Å²) in [5.74, 6) is 0. The molecule has 0 aliphatic rings. The number of rotatable bonds is 0. The van der Waals surface area contributed by atoms with Crippen LogP contribution >= 0.6 is 0 Å². The standard InChI is InChI=1S/C6H5BF3N/c7-5-2-1-4(3-11-5)6(8,9)10/h1-3H,7H2. The van der Waals surface area contributed by atoms with Crippen LogP contribution in [0.15, 0.2) is 18.3 Å². The highest BCUT2D eigenvalue weighted by Crippen LogP contribution is 2.27. The van der Waals surface area contributed by atoms with Crippen LogP contribution in [0.3, 0.4) is 0 Å². The van der Waals surface area contributed by atoms with Crippen LogP contribution in [-0.4, -0.2) is 12.8 Å². The van der Waals surface area contributed by atoms with E-state index in [0.29, 0.717) is 5.59 Å². The fraction of sp³-hybridized carbons (Fsp3) is 0.167. The molecule has 58 valence electrons. The number of alkyl halides is 3. The number of aromatic nitrogens is 1. The number of hydrogen-bond donors (Lipinski definition) is 0. The fourth-order valence-corrected chi connectivity index (χ4v) is 0.635. The van der Waals surface area contributed by atoms with Crippen LogP contribution in [-0.2, 0) is 6.18 Å². The lowest BCUT2D eigenvalue weighted by Gasteiger charge is -2.04. The van der Waals surface area contributed by atoms with Crippen molar-refractivity contribution in [3.63, 3.8) is 0 Å². The Bertz CT molecular complexity index is 241. The molecule has 0 N–H and O–H groups in total. The lowest BCUT2D eigenvalue weighted by Crippen LogP contribution is -2.11. The van der Waals surface area contributed by atoms with Gasteiger partial charge in [-0.05, 0) is 11.7 Å². The molecule has 0 atom stereocenters. The SMILES string of the molecule is Bc1ccc(C(F)(F)F)cn1. The van der Waals surface area contributed by atoms with Crippen LogP contribution < -0.4 is 5.59 Å². The first-order valence-corrected chi connectivity index (χ1v) is 3.00. The first-order chi connectivity index (χ1) is 5.00. The fourth-order valence-electron chi connectivity index (χ4n) is 0.635. The zero-order valence-corrected chi connectivity index (χ0v) is 5.81. The number of hydrogen-bond acceptors (Lipinski definition) is 1. The minimum Gasteiger partial charge on any atom is -0.272 e. The third kappa shape index (κ3) is 1.96. The van der Waals surface area contributed by atoms with Gasteiger partial charge in [0.15, 0.2) is 7.85 Å². The molecule has 0 aromatic carbocycles. The number of pyridine rings is 1. The average molecular weight is 159 g/mol. The number of nitrogens with zero attached hydrogens (tertiary/aromatic N) is 1. The molecule has 11 heavy (non-hydrogen) atoms. The first-order valence-electron chi connectivity index (χ1n) is 3.00. The summed E-state index contributed by atoms with van der Waals surface area (Å²) in [6.45, 7) is 0. The Morgan fingerprint density at radius 2 is 1.91 bits per heavy atom. The van der Waals surface area contributed by atoms with Crippen molar-refractivity contribution in [2.24, 2.45) is 0 Å². The van der Waals surface area contributed by atoms with Gasteiger partial charge in [0.25, 0.3) is 0 Å². The van der Waals surface area contributed by atoms with E-state index in [0.717, 1.165) is 12.3 Å². The highest BCUT2D eigenvalue weighted by molar-refractivity contribution is 6.30. The molecule has 1 rings (SSSR count). The van der Waals surface area contributed by atoms with Crippen LogP contribution in [0.4, 0.5) is 13.2 Å². The molecule has 1 aromatic heterocycles. The summed E-state index contributed by atoms with van der Waals surface area (Å²) >= 11 is 0. The van der Waals surface area contributed by atoms with Crippen LogP contribution in [0.25, 0.3) is 0 Å². The maximum absolute atomic E-state index is 11.9. The van der Waals surface area contributed by atoms with E-state index in [2.05, 4.69) is 4.98 Å². The topological polar surface area (TPSA) is 12.9 Å². The summed E-state index contributed by atoms with van der Waals surface area (Å²) in [5.41, 5.74) is -0.124. The lowest BCUT2D eigenvalue weighted by molar-refractivity contribution is -0.137. The molecule has 0 amide bonds. The van der Waals surface area contributed by atoms with Crippen molar-refractivity contribution in [1.82, 2.24) is 4.98 Å². The van der Waals surface area contributed by atoms with E-state index in [9.17, 15) is 13.2 Å². The van der Waals surface area contributed by atoms with Gasteiger partial charge in [0.1, 0.15) is 0 Å². The van der Waals surface area contributed by atoms with Gasteiger partial charge in [-0.2, -0.15) is 13.2 Å². The van der Waals surface area contributed by atoms with Gasteiger partial charge >= 0.3 is 6.18 Å². The Kier molecular flexibility index (Phi) is 1.89. The van der Waals surface area contributed by atoms with Crippen molar-refractivity contribution in [3.05, 3.63) is 23.9 Å². The van der Waals surface area contributed by atoms with Crippen LogP contribution in [0.2, 0.25) is 0 Å². The van der Waals surface area contributed by atoms with E-state index in [4.69, 9.17) is 0 Å². The number of halogens is 3. The normalized spacial score (nSPS) is 11.5. The Labute approximate surface area is 62.7 Å². The molecule has 0 spiro atoms. The third-order valence-corrected chi connectivity index (χ3v) is 1.24. The van der Waals surface area contributed by atoms with Gasteiger partial charge in [-0.1, -0.05) is 6.07 Å². The molecule has 0 unspecified atom stereocenters. The molecule has 0 bridgehead atoms. The maximum atomic E-state index is 11.9. The lowest BCUT2D eigenvalue weighted by atomic mass is 10.0. The first kappa shape index (κ1) is 8.10. The van der Waals surface area contributed by atoms with Gasteiger partial charge in [0.05, 0.1) is 5.56 Å². The summed E-state index contributed by atoms with van der Waals surface area (Å²) < 4.78 is 35.6. The van der Waals surface area contributed by atoms with Gasteiger partial charge in [-0.15, -0.1) is 0 Å². The Balaban J connectivity index is 2.99. The maximum Gasteiger partial charge on any atom is 0.417 e. The highest BCUT2D eigenvalue weighted by Gasteiger charge is 2.30. The van der Waals surface area contributed by atoms with Crippen LogP contribution in [0.5, 0.6) is 0 Å². The molecule has 0 aliphatic heterocycles. The molecular formula is C6H5BF3N. The second kappa shape index (κ2) is 2.56. The van der Waals surface area contributed by atoms with Crippen molar-refractivity contribution in [1.29, 1.82) is 0 Å². The largest absolute Gasteiger partial charge is 0.417 e. The van der Waals surface area contributed by atoms with Gasteiger partial charge in [0, 0.05) is 6.20 Å². The van der Waals surface area contributed by atoms with Crippen molar-refractivity contribution < 1.29 is 13.2 Å². The quantitative estimate of drug-likeness (QED) is 0.498. The van der Waals surface area contributed by atoms with Gasteiger partial charge in [-0.25, -0.2) is 0 Å². The van der Waals surface area contributed by atoms with Gasteiger partial charge in [0.2, 0.25) is 0 Å². The minimum atomic E-state index is -4.28. The Hall–Kier alpha value is -0.995. The summed E-state index contributed by atoms with van der Waals surface area (Å²) in [4.78, 5) is 3.53. The highest BCUT2D eigenvalue weighted by atomic mass is 19.4. The van der Waals surface area contributed by atoms with Gasteiger partial charge < -0.3 is 0 Å². The van der Waals surface area contributed by atoms with Gasteiger partial charge in [-0.3, -0.25) is 4.98 Å². The van der Waals surface area contributed by atoms with E-state index in [1.807, 2.05) is 0 Å². The minimum absolute atomic E-state index is 0.581. The van der Waals surface area contributed by atoms with Crippen molar-refractivity contribution in [2.45, 2.75) is 6.18 Å². The summed E-state index contributed by atoms with van der Waals surface area (Å²) in [7, 11) is 1.64. The second-order valence-corrected chi connectivity index (χ2v) is 2.19. The van der Waals surface area contributed by atoms with Crippen molar-refractivity contribution >= 4 is 13.4 Å². The molecule has 5 heteroatoms. The monoisotopic (exact) mass is 159 g/mol. The molecule has 0 saturated heterocycles. The van der Waals surface area contributed by atoms with Crippen LogP contribution in [0.1, 0.15) is 5.56 Å². The summed E-state index contributed by atoms with van der Waals surface area (Å²) in [5, 5.41) is 0. The molecule has 0 saturated carbocycles. The second-order valence-electron chi connectivity index (χ2n) is 2.19. The van der Waals surface area contributed by atoms with Crippen molar-refractivity contribution in [3.8, 4) is 0 Å². The molecular weight excluding hydrogens is 154 g/mol. The smallest absolute Gasteiger partial charge is 0.272 e.